The minimum Gasteiger partial charge on any atom is -0.385 e. The van der Waals surface area contributed by atoms with Crippen LogP contribution in [0.25, 0.3) is 0 Å². The molecule has 2 N–H and O–H groups in total. The lowest BCUT2D eigenvalue weighted by Crippen LogP contribution is -2.49. The molecular weight excluding hydrogens is 326 g/mol. The Morgan fingerprint density at radius 2 is 1.77 bits per heavy atom. The maximum Gasteiger partial charge on any atom is 0.191 e. The van der Waals surface area contributed by atoms with Gasteiger partial charge in [0.1, 0.15) is 0 Å². The van der Waals surface area contributed by atoms with Crippen molar-refractivity contribution in [2.45, 2.75) is 51.5 Å². The highest BCUT2D eigenvalue weighted by Crippen LogP contribution is 2.19. The summed E-state index contributed by atoms with van der Waals surface area (Å²) in [5.41, 5.74) is 0. The molecule has 0 unspecified atom stereocenters. The normalized spacial score (nSPS) is 21.9. The Balaban J connectivity index is 1.57. The highest BCUT2D eigenvalue weighted by Gasteiger charge is 2.20. The molecule has 2 fully saturated rings. The Labute approximate surface area is 160 Å². The van der Waals surface area contributed by atoms with Crippen LogP contribution < -0.4 is 10.6 Å². The highest BCUT2D eigenvalue weighted by molar-refractivity contribution is 5.79. The van der Waals surface area contributed by atoms with Gasteiger partial charge >= 0.3 is 0 Å². The monoisotopic (exact) mass is 367 g/mol. The van der Waals surface area contributed by atoms with Crippen molar-refractivity contribution < 1.29 is 4.74 Å². The standard InChI is InChI=1S/C20H41N5O/c1-4-24-13-7-18(8-14-24)6-11-22-20(21-2)23-19-9-15-25(16-10-19)12-5-17-26-3/h18-19H,4-17H2,1-3H3,(H2,21,22,23). The molecule has 0 aromatic carbocycles. The van der Waals surface area contributed by atoms with Gasteiger partial charge in [0.25, 0.3) is 0 Å². The van der Waals surface area contributed by atoms with E-state index >= 15 is 0 Å². The van der Waals surface area contributed by atoms with E-state index in [1.54, 1.807) is 7.11 Å². The number of hydrogen-bond acceptors (Lipinski definition) is 4. The van der Waals surface area contributed by atoms with E-state index in [1.807, 2.05) is 7.05 Å². The van der Waals surface area contributed by atoms with Gasteiger partial charge in [0, 0.05) is 53.0 Å². The van der Waals surface area contributed by atoms with E-state index in [2.05, 4.69) is 32.3 Å². The van der Waals surface area contributed by atoms with Crippen LogP contribution in [0.1, 0.15) is 45.4 Å². The number of methoxy groups -OCH3 is 1. The van der Waals surface area contributed by atoms with Crippen molar-refractivity contribution in [3.8, 4) is 0 Å². The number of ether oxygens (including phenoxy) is 1. The van der Waals surface area contributed by atoms with Crippen LogP contribution in [0.3, 0.4) is 0 Å². The SMILES string of the molecule is CCN1CCC(CCNC(=NC)NC2CCN(CCCOC)CC2)CC1. The number of hydrogen-bond donors (Lipinski definition) is 2. The molecule has 2 aliphatic rings. The van der Waals surface area contributed by atoms with E-state index in [0.29, 0.717) is 6.04 Å². The Hall–Kier alpha value is -0.850. The molecule has 0 saturated carbocycles. The molecule has 26 heavy (non-hydrogen) atoms. The summed E-state index contributed by atoms with van der Waals surface area (Å²) in [5, 5.41) is 7.16. The maximum absolute atomic E-state index is 5.15. The average molecular weight is 368 g/mol. The van der Waals surface area contributed by atoms with Crippen molar-refractivity contribution in [1.29, 1.82) is 0 Å². The summed E-state index contributed by atoms with van der Waals surface area (Å²) >= 11 is 0. The van der Waals surface area contributed by atoms with Crippen molar-refractivity contribution in [2.24, 2.45) is 10.9 Å². The zero-order chi connectivity index (χ0) is 18.6. The summed E-state index contributed by atoms with van der Waals surface area (Å²) in [7, 11) is 3.66. The van der Waals surface area contributed by atoms with Gasteiger partial charge in [-0.2, -0.15) is 0 Å². The molecule has 0 bridgehead atoms. The van der Waals surface area contributed by atoms with Crippen LogP contribution >= 0.6 is 0 Å². The molecule has 152 valence electrons. The quantitative estimate of drug-likeness (QED) is 0.370. The first-order valence-electron chi connectivity index (χ1n) is 10.7. The Kier molecular flexibility index (Phi) is 10.3. The van der Waals surface area contributed by atoms with Gasteiger partial charge in [-0.25, -0.2) is 0 Å². The van der Waals surface area contributed by atoms with Gasteiger partial charge in [-0.3, -0.25) is 4.99 Å². The summed E-state index contributed by atoms with van der Waals surface area (Å²) in [4.78, 5) is 9.54. The minimum atomic E-state index is 0.549. The van der Waals surface area contributed by atoms with Crippen LogP contribution in [-0.2, 0) is 4.74 Å². The van der Waals surface area contributed by atoms with Gasteiger partial charge in [-0.15, -0.1) is 0 Å². The molecule has 0 atom stereocenters. The van der Waals surface area contributed by atoms with E-state index in [1.165, 1.54) is 64.8 Å². The number of nitrogens with one attached hydrogen (secondary N) is 2. The van der Waals surface area contributed by atoms with Crippen molar-refractivity contribution in [3.63, 3.8) is 0 Å². The predicted octanol–water partition coefficient (Wildman–Crippen LogP) is 1.77. The molecule has 2 saturated heterocycles. The van der Waals surface area contributed by atoms with Gasteiger partial charge in [0.15, 0.2) is 5.96 Å². The van der Waals surface area contributed by atoms with Crippen LogP contribution in [0.2, 0.25) is 0 Å². The fourth-order valence-electron chi connectivity index (χ4n) is 4.11. The highest BCUT2D eigenvalue weighted by atomic mass is 16.5. The molecule has 2 heterocycles. The summed E-state index contributed by atoms with van der Waals surface area (Å²) in [5.74, 6) is 1.85. The van der Waals surface area contributed by atoms with E-state index < -0.39 is 0 Å². The van der Waals surface area contributed by atoms with Crippen molar-refractivity contribution >= 4 is 5.96 Å². The molecule has 0 aromatic heterocycles. The molecule has 0 spiro atoms. The first-order valence-corrected chi connectivity index (χ1v) is 10.7. The lowest BCUT2D eigenvalue weighted by atomic mass is 9.93. The third-order valence-corrected chi connectivity index (χ3v) is 5.97. The van der Waals surface area contributed by atoms with Gasteiger partial charge in [-0.05, 0) is 64.1 Å². The molecule has 0 radical (unpaired) electrons. The lowest BCUT2D eigenvalue weighted by molar-refractivity contribution is 0.155. The van der Waals surface area contributed by atoms with Crippen molar-refractivity contribution in [1.82, 2.24) is 20.4 Å². The molecule has 6 nitrogen and oxygen atoms in total. The third kappa shape index (κ3) is 7.80. The zero-order valence-corrected chi connectivity index (χ0v) is 17.3. The number of aliphatic imine (C=N–C) groups is 1. The number of rotatable bonds is 9. The summed E-state index contributed by atoms with van der Waals surface area (Å²) in [6.07, 6.45) is 7.49. The van der Waals surface area contributed by atoms with Crippen LogP contribution in [-0.4, -0.2) is 88.4 Å². The summed E-state index contributed by atoms with van der Waals surface area (Å²) in [6.45, 7) is 11.4. The summed E-state index contributed by atoms with van der Waals surface area (Å²) in [6, 6.07) is 0.549. The number of likely N-dealkylation sites (tertiary alicyclic amines) is 2. The second-order valence-electron chi connectivity index (χ2n) is 7.77. The third-order valence-electron chi connectivity index (χ3n) is 5.97. The second-order valence-corrected chi connectivity index (χ2v) is 7.77. The fourth-order valence-corrected chi connectivity index (χ4v) is 4.11. The number of nitrogens with zero attached hydrogens (tertiary/aromatic N) is 3. The largest absolute Gasteiger partial charge is 0.385 e. The topological polar surface area (TPSA) is 52.1 Å². The van der Waals surface area contributed by atoms with Gasteiger partial charge in [0.2, 0.25) is 0 Å². The molecule has 0 aromatic rings. The van der Waals surface area contributed by atoms with Crippen LogP contribution in [0.5, 0.6) is 0 Å². The molecule has 0 amide bonds. The molecule has 2 aliphatic heterocycles. The van der Waals surface area contributed by atoms with E-state index in [9.17, 15) is 0 Å². The van der Waals surface area contributed by atoms with Crippen LogP contribution in [0.15, 0.2) is 4.99 Å². The lowest BCUT2D eigenvalue weighted by Gasteiger charge is -2.33. The van der Waals surface area contributed by atoms with Gasteiger partial charge in [0.05, 0.1) is 0 Å². The molecule has 6 heteroatoms. The van der Waals surface area contributed by atoms with E-state index in [0.717, 1.165) is 38.0 Å². The van der Waals surface area contributed by atoms with Crippen LogP contribution in [0.4, 0.5) is 0 Å². The van der Waals surface area contributed by atoms with Crippen molar-refractivity contribution in [3.05, 3.63) is 0 Å². The van der Waals surface area contributed by atoms with E-state index in [4.69, 9.17) is 4.74 Å². The Bertz CT molecular complexity index is 388. The Morgan fingerprint density at radius 1 is 1.08 bits per heavy atom. The summed E-state index contributed by atoms with van der Waals surface area (Å²) < 4.78 is 5.15. The second kappa shape index (κ2) is 12.5. The predicted molar refractivity (Wildman–Crippen MR) is 110 cm³/mol. The van der Waals surface area contributed by atoms with Gasteiger partial charge < -0.3 is 25.2 Å². The maximum atomic E-state index is 5.15. The smallest absolute Gasteiger partial charge is 0.191 e. The zero-order valence-electron chi connectivity index (χ0n) is 17.3. The molecule has 2 rings (SSSR count). The average Bonchev–Trinajstić information content (AvgIpc) is 2.69. The number of guanidine groups is 1. The van der Waals surface area contributed by atoms with Crippen molar-refractivity contribution in [2.75, 3.05) is 66.6 Å². The first kappa shape index (κ1) is 21.5. The molecule has 0 aliphatic carbocycles. The fraction of sp³-hybridized carbons (Fsp3) is 0.950. The minimum absolute atomic E-state index is 0.549. The Morgan fingerprint density at radius 3 is 2.38 bits per heavy atom. The van der Waals surface area contributed by atoms with Crippen LogP contribution in [0, 0.1) is 5.92 Å². The molecular formula is C20H41N5O. The van der Waals surface area contributed by atoms with E-state index in [-0.39, 0.29) is 0 Å². The number of piperidine rings is 2. The van der Waals surface area contributed by atoms with Gasteiger partial charge in [-0.1, -0.05) is 6.92 Å². The first-order chi connectivity index (χ1) is 12.7.